The Morgan fingerprint density at radius 1 is 1.32 bits per heavy atom. The first kappa shape index (κ1) is 13.5. The molecule has 1 aliphatic carbocycles. The third kappa shape index (κ3) is 2.89. The van der Waals surface area contributed by atoms with Gasteiger partial charge in [-0.1, -0.05) is 12.8 Å². The van der Waals surface area contributed by atoms with Crippen molar-refractivity contribution in [3.63, 3.8) is 0 Å². The number of rotatable bonds is 4. The van der Waals surface area contributed by atoms with Crippen molar-refractivity contribution in [3.8, 4) is 0 Å². The summed E-state index contributed by atoms with van der Waals surface area (Å²) in [7, 11) is 0. The monoisotopic (exact) mass is 262 g/mol. The van der Waals surface area contributed by atoms with Crippen LogP contribution in [0.15, 0.2) is 18.6 Å². The fourth-order valence-electron chi connectivity index (χ4n) is 2.41. The standard InChI is InChI=1S/C13H18N4O2/c1-2-15-12(19)13(5-3-4-6-13)17-11(18)10-9-14-7-8-16-10/h7-9H,2-6H2,1H3,(H,15,19)(H,17,18). The molecule has 1 heterocycles. The van der Waals surface area contributed by atoms with Crippen molar-refractivity contribution in [1.82, 2.24) is 20.6 Å². The highest BCUT2D eigenvalue weighted by atomic mass is 16.2. The quantitative estimate of drug-likeness (QED) is 0.834. The summed E-state index contributed by atoms with van der Waals surface area (Å²) in [4.78, 5) is 32.1. The van der Waals surface area contributed by atoms with Crippen LogP contribution in [0.1, 0.15) is 43.1 Å². The van der Waals surface area contributed by atoms with Gasteiger partial charge in [0, 0.05) is 18.9 Å². The number of hydrogen-bond acceptors (Lipinski definition) is 4. The van der Waals surface area contributed by atoms with Crippen molar-refractivity contribution in [2.45, 2.75) is 38.1 Å². The van der Waals surface area contributed by atoms with Gasteiger partial charge in [-0.2, -0.15) is 0 Å². The van der Waals surface area contributed by atoms with Crippen LogP contribution < -0.4 is 10.6 Å². The zero-order chi connectivity index (χ0) is 13.7. The maximum Gasteiger partial charge on any atom is 0.272 e. The topological polar surface area (TPSA) is 84.0 Å². The van der Waals surface area contributed by atoms with Crippen LogP contribution in [0.4, 0.5) is 0 Å². The van der Waals surface area contributed by atoms with Gasteiger partial charge in [0.1, 0.15) is 11.2 Å². The maximum atomic E-state index is 12.2. The van der Waals surface area contributed by atoms with Crippen LogP contribution in [-0.2, 0) is 4.79 Å². The molecular weight excluding hydrogens is 244 g/mol. The molecule has 0 saturated heterocycles. The number of nitrogens with one attached hydrogen (secondary N) is 2. The van der Waals surface area contributed by atoms with Crippen molar-refractivity contribution in [2.24, 2.45) is 0 Å². The van der Waals surface area contributed by atoms with Gasteiger partial charge in [0.25, 0.3) is 5.91 Å². The fourth-order valence-corrected chi connectivity index (χ4v) is 2.41. The van der Waals surface area contributed by atoms with Crippen molar-refractivity contribution >= 4 is 11.8 Å². The van der Waals surface area contributed by atoms with Crippen LogP contribution in [0.3, 0.4) is 0 Å². The number of carbonyl (C=O) groups is 2. The highest BCUT2D eigenvalue weighted by Gasteiger charge is 2.42. The first-order valence-electron chi connectivity index (χ1n) is 6.55. The highest BCUT2D eigenvalue weighted by molar-refractivity contribution is 5.98. The SMILES string of the molecule is CCNC(=O)C1(NC(=O)c2cnccn2)CCCC1. The fraction of sp³-hybridized carbons (Fsp3) is 0.538. The van der Waals surface area contributed by atoms with E-state index in [9.17, 15) is 9.59 Å². The Bertz CT molecular complexity index is 455. The van der Waals surface area contributed by atoms with Gasteiger partial charge < -0.3 is 10.6 Å². The molecule has 1 saturated carbocycles. The number of likely N-dealkylation sites (N-methyl/N-ethyl adjacent to an activating group) is 1. The van der Waals surface area contributed by atoms with Gasteiger partial charge in [-0.3, -0.25) is 14.6 Å². The third-order valence-electron chi connectivity index (χ3n) is 3.38. The lowest BCUT2D eigenvalue weighted by atomic mass is 9.96. The lowest BCUT2D eigenvalue weighted by molar-refractivity contribution is -0.127. The molecule has 0 radical (unpaired) electrons. The molecule has 0 aliphatic heterocycles. The minimum absolute atomic E-state index is 0.107. The lowest BCUT2D eigenvalue weighted by Crippen LogP contribution is -2.57. The molecule has 6 heteroatoms. The summed E-state index contributed by atoms with van der Waals surface area (Å²) < 4.78 is 0. The molecule has 0 bridgehead atoms. The molecule has 2 amide bonds. The van der Waals surface area contributed by atoms with E-state index in [2.05, 4.69) is 20.6 Å². The Morgan fingerprint density at radius 2 is 2.05 bits per heavy atom. The second-order valence-corrected chi connectivity index (χ2v) is 4.69. The van der Waals surface area contributed by atoms with Crippen LogP contribution >= 0.6 is 0 Å². The molecule has 0 aromatic carbocycles. The summed E-state index contributed by atoms with van der Waals surface area (Å²) in [6.45, 7) is 2.42. The second-order valence-electron chi connectivity index (χ2n) is 4.69. The maximum absolute atomic E-state index is 12.2. The second kappa shape index (κ2) is 5.77. The van der Waals surface area contributed by atoms with E-state index < -0.39 is 5.54 Å². The molecule has 1 aromatic rings. The Balaban J connectivity index is 2.13. The Kier molecular flexibility index (Phi) is 4.09. The first-order chi connectivity index (χ1) is 9.18. The number of amides is 2. The molecule has 2 N–H and O–H groups in total. The summed E-state index contributed by atoms with van der Waals surface area (Å²) in [5.41, 5.74) is -0.553. The Hall–Kier alpha value is -1.98. The molecule has 0 unspecified atom stereocenters. The molecule has 102 valence electrons. The largest absolute Gasteiger partial charge is 0.354 e. The Morgan fingerprint density at radius 3 is 2.63 bits per heavy atom. The minimum Gasteiger partial charge on any atom is -0.354 e. The predicted molar refractivity (Wildman–Crippen MR) is 69.4 cm³/mol. The average Bonchev–Trinajstić information content (AvgIpc) is 2.90. The summed E-state index contributed by atoms with van der Waals surface area (Å²) in [5, 5.41) is 5.64. The van der Waals surface area contributed by atoms with E-state index in [-0.39, 0.29) is 17.5 Å². The highest BCUT2D eigenvalue weighted by Crippen LogP contribution is 2.30. The molecule has 1 aromatic heterocycles. The Labute approximate surface area is 112 Å². The molecule has 1 fully saturated rings. The van der Waals surface area contributed by atoms with Crippen molar-refractivity contribution < 1.29 is 9.59 Å². The molecule has 19 heavy (non-hydrogen) atoms. The van der Waals surface area contributed by atoms with Crippen LogP contribution in [-0.4, -0.2) is 33.9 Å². The van der Waals surface area contributed by atoms with E-state index in [4.69, 9.17) is 0 Å². The summed E-state index contributed by atoms with van der Waals surface area (Å²) in [6, 6.07) is 0. The van der Waals surface area contributed by atoms with Gasteiger partial charge in [0.2, 0.25) is 5.91 Å². The van der Waals surface area contributed by atoms with Crippen LogP contribution in [0.2, 0.25) is 0 Å². The van der Waals surface area contributed by atoms with Gasteiger partial charge in [0.05, 0.1) is 6.20 Å². The van der Waals surface area contributed by atoms with Crippen molar-refractivity contribution in [2.75, 3.05) is 6.54 Å². The number of hydrogen-bond donors (Lipinski definition) is 2. The zero-order valence-corrected chi connectivity index (χ0v) is 11.0. The van der Waals surface area contributed by atoms with E-state index in [1.807, 2.05) is 6.92 Å². The van der Waals surface area contributed by atoms with Crippen molar-refractivity contribution in [3.05, 3.63) is 24.3 Å². The van der Waals surface area contributed by atoms with E-state index in [0.717, 1.165) is 12.8 Å². The molecular formula is C13H18N4O2. The van der Waals surface area contributed by atoms with Gasteiger partial charge in [-0.05, 0) is 19.8 Å². The third-order valence-corrected chi connectivity index (χ3v) is 3.38. The van der Waals surface area contributed by atoms with Crippen LogP contribution in [0, 0.1) is 0 Å². The van der Waals surface area contributed by atoms with Crippen molar-refractivity contribution in [1.29, 1.82) is 0 Å². The van der Waals surface area contributed by atoms with E-state index in [1.54, 1.807) is 0 Å². The van der Waals surface area contributed by atoms with Crippen LogP contribution in [0.5, 0.6) is 0 Å². The average molecular weight is 262 g/mol. The summed E-state index contributed by atoms with van der Waals surface area (Å²) in [5.74, 6) is -0.453. The predicted octanol–water partition coefficient (Wildman–Crippen LogP) is 0.655. The summed E-state index contributed by atoms with van der Waals surface area (Å²) in [6.07, 6.45) is 7.59. The first-order valence-corrected chi connectivity index (χ1v) is 6.55. The van der Waals surface area contributed by atoms with Gasteiger partial charge in [-0.25, -0.2) is 4.98 Å². The van der Waals surface area contributed by atoms with E-state index in [0.29, 0.717) is 19.4 Å². The number of aromatic nitrogens is 2. The molecule has 0 spiro atoms. The zero-order valence-electron chi connectivity index (χ0n) is 11.0. The molecule has 2 rings (SSSR count). The van der Waals surface area contributed by atoms with Gasteiger partial charge in [-0.15, -0.1) is 0 Å². The van der Waals surface area contributed by atoms with Gasteiger partial charge >= 0.3 is 0 Å². The van der Waals surface area contributed by atoms with E-state index in [1.165, 1.54) is 18.6 Å². The number of carbonyl (C=O) groups excluding carboxylic acids is 2. The molecule has 0 atom stereocenters. The van der Waals surface area contributed by atoms with Crippen LogP contribution in [0.25, 0.3) is 0 Å². The summed E-state index contributed by atoms with van der Waals surface area (Å²) >= 11 is 0. The lowest BCUT2D eigenvalue weighted by Gasteiger charge is -2.28. The minimum atomic E-state index is -0.787. The molecule has 6 nitrogen and oxygen atoms in total. The molecule has 1 aliphatic rings. The van der Waals surface area contributed by atoms with E-state index >= 15 is 0 Å². The number of nitrogens with zero attached hydrogens (tertiary/aromatic N) is 2. The van der Waals surface area contributed by atoms with Gasteiger partial charge in [0.15, 0.2) is 0 Å². The smallest absolute Gasteiger partial charge is 0.272 e. The normalized spacial score (nSPS) is 16.9.